The third kappa shape index (κ3) is 5.49. The van der Waals surface area contributed by atoms with Crippen molar-refractivity contribution in [2.24, 2.45) is 4.99 Å². The second kappa shape index (κ2) is 12.3. The number of rotatable bonds is 8. The van der Waals surface area contributed by atoms with Gasteiger partial charge in [0.25, 0.3) is 0 Å². The smallest absolute Gasteiger partial charge is 0.246 e. The number of carbonyl (C=O) groups excluding carboxylic acids is 1. The Kier molecular flexibility index (Phi) is 8.22. The molecule has 0 saturated carbocycles. The van der Waals surface area contributed by atoms with Gasteiger partial charge in [0.2, 0.25) is 5.91 Å². The zero-order chi connectivity index (χ0) is 31.8. The number of halogens is 1. The van der Waals surface area contributed by atoms with Crippen LogP contribution in [0.4, 0.5) is 10.1 Å². The molecule has 3 N–H and O–H groups in total. The number of hydrogen-bond donors (Lipinski definition) is 2. The fourth-order valence-corrected chi connectivity index (χ4v) is 6.70. The molecular weight excluding hydrogens is 591 g/mol. The predicted octanol–water partition coefficient (Wildman–Crippen LogP) is 6.11. The van der Waals surface area contributed by atoms with E-state index in [9.17, 15) is 9.90 Å². The van der Waals surface area contributed by atoms with Crippen LogP contribution in [0.3, 0.4) is 0 Å². The zero-order valence-electron chi connectivity index (χ0n) is 25.2. The monoisotopic (exact) mass is 624 g/mol. The van der Waals surface area contributed by atoms with Crippen molar-refractivity contribution < 1.29 is 19.0 Å². The lowest BCUT2D eigenvalue weighted by Gasteiger charge is -2.33. The molecule has 0 bridgehead atoms. The fraction of sp³-hybridized carbons (Fsp3) is 0.235. The first-order chi connectivity index (χ1) is 21.7. The maximum absolute atomic E-state index is 16.0. The Bertz CT molecular complexity index is 1960. The summed E-state index contributed by atoms with van der Waals surface area (Å²) in [6.07, 6.45) is 2.26. The number of fused-ring (bicyclic) bond motifs is 2. The van der Waals surface area contributed by atoms with Gasteiger partial charge >= 0.3 is 0 Å². The van der Waals surface area contributed by atoms with Gasteiger partial charge in [-0.2, -0.15) is 5.10 Å². The van der Waals surface area contributed by atoms with E-state index in [0.29, 0.717) is 41.4 Å². The molecule has 230 valence electrons. The number of nitrogens with zero attached hydrogens (tertiary/aromatic N) is 5. The quantitative estimate of drug-likeness (QED) is 0.122. The Labute approximate surface area is 264 Å². The molecule has 0 spiro atoms. The van der Waals surface area contributed by atoms with E-state index in [1.165, 1.54) is 23.5 Å². The Balaban J connectivity index is 1.63. The van der Waals surface area contributed by atoms with Gasteiger partial charge in [-0.3, -0.25) is 14.5 Å². The lowest BCUT2D eigenvalue weighted by Crippen LogP contribution is -2.40. The number of carbonyl (C=O) groups is 1. The van der Waals surface area contributed by atoms with Crippen LogP contribution in [0.5, 0.6) is 5.75 Å². The summed E-state index contributed by atoms with van der Waals surface area (Å²) in [4.78, 5) is 23.6. The van der Waals surface area contributed by atoms with Gasteiger partial charge in [-0.25, -0.2) is 9.37 Å². The van der Waals surface area contributed by atoms with Crippen molar-refractivity contribution in [2.75, 3.05) is 25.9 Å². The van der Waals surface area contributed by atoms with Crippen LogP contribution in [-0.2, 0) is 11.3 Å². The lowest BCUT2D eigenvalue weighted by atomic mass is 9.96. The molecule has 0 aliphatic carbocycles. The molecule has 0 radical (unpaired) electrons. The molecular formula is C34H33FN6O3S. The Morgan fingerprint density at radius 1 is 1.24 bits per heavy atom. The number of aromatic nitrogens is 3. The van der Waals surface area contributed by atoms with Crippen LogP contribution in [0.1, 0.15) is 31.1 Å². The summed E-state index contributed by atoms with van der Waals surface area (Å²) in [7, 11) is 1.69. The molecule has 2 unspecified atom stereocenters. The number of aliphatic imine (C=N–C) groups is 1. The van der Waals surface area contributed by atoms with Crippen LogP contribution < -0.4 is 10.5 Å². The Morgan fingerprint density at radius 3 is 2.80 bits per heavy atom. The number of aliphatic hydroxyl groups is 1. The number of hydrogen-bond acceptors (Lipinski definition) is 8. The highest BCUT2D eigenvalue weighted by Gasteiger charge is 2.31. The third-order valence-corrected chi connectivity index (χ3v) is 8.83. The molecule has 0 fully saturated rings. The summed E-state index contributed by atoms with van der Waals surface area (Å²) in [6, 6.07) is 14.0. The van der Waals surface area contributed by atoms with Gasteiger partial charge in [0, 0.05) is 52.3 Å². The second-order valence-corrected chi connectivity index (χ2v) is 11.9. The second-order valence-electron chi connectivity index (χ2n) is 10.9. The van der Waals surface area contributed by atoms with E-state index in [2.05, 4.69) is 11.6 Å². The van der Waals surface area contributed by atoms with Gasteiger partial charge in [0.15, 0.2) is 0 Å². The highest BCUT2D eigenvalue weighted by molar-refractivity contribution is 7.18. The Morgan fingerprint density at radius 2 is 2.07 bits per heavy atom. The molecule has 1 aliphatic rings. The molecule has 5 aromatic rings. The molecule has 2 atom stereocenters. The molecule has 4 heterocycles. The fourth-order valence-electron chi connectivity index (χ4n) is 5.75. The van der Waals surface area contributed by atoms with Crippen LogP contribution in [0.15, 0.2) is 71.6 Å². The van der Waals surface area contributed by atoms with E-state index in [4.69, 9.17) is 20.6 Å². The Hall–Kier alpha value is -4.87. The minimum Gasteiger partial charge on any atom is -0.490 e. The van der Waals surface area contributed by atoms with E-state index < -0.39 is 11.9 Å². The number of amides is 1. The summed E-state index contributed by atoms with van der Waals surface area (Å²) < 4.78 is 24.6. The molecule has 1 amide bonds. The van der Waals surface area contributed by atoms with E-state index in [0.717, 1.165) is 26.9 Å². The first kappa shape index (κ1) is 30.2. The number of nitrogen functional groups attached to an aromatic ring is 1. The number of aliphatic hydroxyl groups excluding tert-OH is 1. The van der Waals surface area contributed by atoms with E-state index in [-0.39, 0.29) is 29.9 Å². The number of nitrogens with two attached hydrogens (primary N) is 1. The van der Waals surface area contributed by atoms with Crippen LogP contribution >= 0.6 is 11.3 Å². The van der Waals surface area contributed by atoms with Crippen molar-refractivity contribution in [1.29, 1.82) is 0 Å². The van der Waals surface area contributed by atoms with Gasteiger partial charge in [0.1, 0.15) is 29.6 Å². The maximum atomic E-state index is 16.0. The van der Waals surface area contributed by atoms with Gasteiger partial charge in [-0.15, -0.1) is 11.3 Å². The van der Waals surface area contributed by atoms with Crippen LogP contribution in [-0.4, -0.2) is 63.2 Å². The SMILES string of the molecule is C=CC(=O)N1CCn2nc(-c3nc(-c4ccc(C=NC)c(N)c4)c4ccsc4c3-c3c(F)cccc3OCC(C)O)cc2C1C. The van der Waals surface area contributed by atoms with Crippen molar-refractivity contribution in [3.8, 4) is 39.5 Å². The standard InChI is InChI=1S/C34H33FN6O3S/c1-5-29(43)40-12-13-41-27(20(40)3)16-26(39-41)33-31(30-24(35)7-6-8-28(30)44-18-19(2)42)34-23(11-14-45-34)32(38-33)21-9-10-22(17-37-4)25(36)15-21/h5-11,14-17,19-20,42H,1,12-13,18,36H2,2-4H3. The number of pyridine rings is 1. The van der Waals surface area contributed by atoms with Gasteiger partial charge in [-0.05, 0) is 55.6 Å². The molecule has 9 nitrogen and oxygen atoms in total. The summed E-state index contributed by atoms with van der Waals surface area (Å²) in [5.74, 6) is -0.358. The van der Waals surface area contributed by atoms with Crippen LogP contribution in [0, 0.1) is 5.82 Å². The average Bonchev–Trinajstić information content (AvgIpc) is 3.69. The van der Waals surface area contributed by atoms with E-state index in [1.54, 1.807) is 37.2 Å². The third-order valence-electron chi connectivity index (χ3n) is 7.90. The molecule has 1 aliphatic heterocycles. The van der Waals surface area contributed by atoms with Crippen molar-refractivity contribution in [3.63, 3.8) is 0 Å². The highest BCUT2D eigenvalue weighted by Crippen LogP contribution is 2.47. The van der Waals surface area contributed by atoms with Crippen molar-refractivity contribution >= 4 is 39.2 Å². The van der Waals surface area contributed by atoms with E-state index in [1.807, 2.05) is 47.3 Å². The molecule has 3 aromatic heterocycles. The minimum atomic E-state index is -0.753. The minimum absolute atomic E-state index is 0.0129. The van der Waals surface area contributed by atoms with E-state index >= 15 is 4.39 Å². The molecule has 2 aromatic carbocycles. The van der Waals surface area contributed by atoms with Crippen molar-refractivity contribution in [3.05, 3.63) is 83.6 Å². The number of anilines is 1. The van der Waals surface area contributed by atoms with Gasteiger partial charge in [-0.1, -0.05) is 24.8 Å². The number of benzene rings is 2. The summed E-state index contributed by atoms with van der Waals surface area (Å²) in [5.41, 5.74) is 11.8. The number of thiophene rings is 1. The molecule has 11 heteroatoms. The van der Waals surface area contributed by atoms with Gasteiger partial charge in [0.05, 0.1) is 35.6 Å². The summed E-state index contributed by atoms with van der Waals surface area (Å²) in [6.45, 7) is 8.16. The van der Waals surface area contributed by atoms with Crippen LogP contribution in [0.25, 0.3) is 43.9 Å². The predicted molar refractivity (Wildman–Crippen MR) is 177 cm³/mol. The zero-order valence-corrected chi connectivity index (χ0v) is 26.0. The largest absolute Gasteiger partial charge is 0.490 e. The van der Waals surface area contributed by atoms with Crippen molar-refractivity contribution in [1.82, 2.24) is 19.7 Å². The van der Waals surface area contributed by atoms with Crippen molar-refractivity contribution in [2.45, 2.75) is 32.5 Å². The van der Waals surface area contributed by atoms with Gasteiger partial charge < -0.3 is 20.5 Å². The maximum Gasteiger partial charge on any atom is 0.246 e. The average molecular weight is 625 g/mol. The molecule has 6 rings (SSSR count). The first-order valence-corrected chi connectivity index (χ1v) is 15.4. The number of ether oxygens (including phenoxy) is 1. The molecule has 45 heavy (non-hydrogen) atoms. The summed E-state index contributed by atoms with van der Waals surface area (Å²) in [5, 5.41) is 17.7. The highest BCUT2D eigenvalue weighted by atomic mass is 32.1. The molecule has 0 saturated heterocycles. The topological polar surface area (TPSA) is 119 Å². The normalized spacial score (nSPS) is 15.4. The van der Waals surface area contributed by atoms with Crippen LogP contribution in [0.2, 0.25) is 0 Å². The lowest BCUT2D eigenvalue weighted by molar-refractivity contribution is -0.129. The summed E-state index contributed by atoms with van der Waals surface area (Å²) >= 11 is 1.46. The first-order valence-electron chi connectivity index (χ1n) is 14.6.